The molecular formula is C26H25F3N4O. The van der Waals surface area contributed by atoms with Crippen LogP contribution < -0.4 is 4.74 Å². The van der Waals surface area contributed by atoms with Crippen LogP contribution in [-0.4, -0.2) is 20.0 Å². The van der Waals surface area contributed by atoms with E-state index in [4.69, 9.17) is 4.74 Å². The van der Waals surface area contributed by atoms with Gasteiger partial charge in [0.05, 0.1) is 17.5 Å². The summed E-state index contributed by atoms with van der Waals surface area (Å²) in [6, 6.07) is 16.8. The number of aromatic nitrogens is 4. The summed E-state index contributed by atoms with van der Waals surface area (Å²) in [6.07, 6.45) is 2.30. The second-order valence-corrected chi connectivity index (χ2v) is 8.07. The second kappa shape index (κ2) is 10.5. The monoisotopic (exact) mass is 466 g/mol. The Morgan fingerprint density at radius 3 is 2.32 bits per heavy atom. The molecule has 0 fully saturated rings. The van der Waals surface area contributed by atoms with Crippen LogP contribution in [-0.2, 0) is 25.7 Å². The third-order valence-corrected chi connectivity index (χ3v) is 5.60. The lowest BCUT2D eigenvalue weighted by molar-refractivity contribution is -0.137. The number of ether oxygens (including phenoxy) is 1. The number of benzene rings is 2. The van der Waals surface area contributed by atoms with Gasteiger partial charge in [0.25, 0.3) is 0 Å². The molecule has 2 heterocycles. The lowest BCUT2D eigenvalue weighted by Crippen LogP contribution is -2.04. The van der Waals surface area contributed by atoms with Crippen LogP contribution in [0.25, 0.3) is 11.3 Å². The van der Waals surface area contributed by atoms with Gasteiger partial charge in [0.1, 0.15) is 12.4 Å². The number of halogens is 3. The number of aryl methyl sites for hydroxylation is 3. The van der Waals surface area contributed by atoms with Gasteiger partial charge in [-0.05, 0) is 62.1 Å². The van der Waals surface area contributed by atoms with Crippen molar-refractivity contribution in [2.24, 2.45) is 0 Å². The molecular weight excluding hydrogens is 441 g/mol. The summed E-state index contributed by atoms with van der Waals surface area (Å²) in [4.78, 5) is 4.55. The Bertz CT molecular complexity index is 1190. The Hall–Kier alpha value is -3.68. The number of alkyl halides is 3. The zero-order chi connectivity index (χ0) is 24.0. The maximum absolute atomic E-state index is 12.8. The van der Waals surface area contributed by atoms with E-state index in [9.17, 15) is 13.2 Å². The Morgan fingerprint density at radius 1 is 0.912 bits per heavy atom. The van der Waals surface area contributed by atoms with Crippen LogP contribution in [0, 0.1) is 6.92 Å². The molecule has 4 rings (SSSR count). The van der Waals surface area contributed by atoms with Crippen molar-refractivity contribution < 1.29 is 17.9 Å². The first-order valence-corrected chi connectivity index (χ1v) is 11.1. The minimum Gasteiger partial charge on any atom is -0.489 e. The SMILES string of the molecule is Cc1nc(-c2ccc(C(F)(F)F)cc2)ccc1COc1ccc(CCCCn2ccnn2)cc1. The molecule has 0 spiro atoms. The normalized spacial score (nSPS) is 11.5. The second-order valence-electron chi connectivity index (χ2n) is 8.07. The summed E-state index contributed by atoms with van der Waals surface area (Å²) in [5, 5.41) is 7.77. The molecule has 5 nitrogen and oxygen atoms in total. The van der Waals surface area contributed by atoms with Crippen molar-refractivity contribution in [1.29, 1.82) is 0 Å². The number of hydrogen-bond donors (Lipinski definition) is 0. The zero-order valence-electron chi connectivity index (χ0n) is 18.8. The zero-order valence-corrected chi connectivity index (χ0v) is 18.8. The van der Waals surface area contributed by atoms with E-state index >= 15 is 0 Å². The summed E-state index contributed by atoms with van der Waals surface area (Å²) in [7, 11) is 0. The molecule has 0 aliphatic heterocycles. The smallest absolute Gasteiger partial charge is 0.416 e. The topological polar surface area (TPSA) is 52.8 Å². The molecule has 34 heavy (non-hydrogen) atoms. The highest BCUT2D eigenvalue weighted by Crippen LogP contribution is 2.31. The Morgan fingerprint density at radius 2 is 1.68 bits per heavy atom. The predicted molar refractivity (Wildman–Crippen MR) is 123 cm³/mol. The Kier molecular flexibility index (Phi) is 7.25. The molecule has 4 aromatic rings. The number of nitrogens with zero attached hydrogens (tertiary/aromatic N) is 4. The van der Waals surface area contributed by atoms with Crippen molar-refractivity contribution in [2.45, 2.75) is 45.5 Å². The largest absolute Gasteiger partial charge is 0.489 e. The fourth-order valence-electron chi connectivity index (χ4n) is 3.60. The maximum atomic E-state index is 12.8. The van der Waals surface area contributed by atoms with Gasteiger partial charge in [-0.25, -0.2) is 0 Å². The molecule has 0 amide bonds. The number of unbranched alkanes of at least 4 members (excludes halogenated alkanes) is 1. The van der Waals surface area contributed by atoms with Crippen molar-refractivity contribution in [1.82, 2.24) is 20.0 Å². The van der Waals surface area contributed by atoms with E-state index in [0.717, 1.165) is 54.9 Å². The van der Waals surface area contributed by atoms with Gasteiger partial charge in [-0.3, -0.25) is 9.67 Å². The first kappa shape index (κ1) is 23.5. The van der Waals surface area contributed by atoms with Crippen molar-refractivity contribution in [3.63, 3.8) is 0 Å². The lowest BCUT2D eigenvalue weighted by atomic mass is 10.1. The molecule has 8 heteroatoms. The summed E-state index contributed by atoms with van der Waals surface area (Å²) in [5.41, 5.74) is 3.55. The minimum absolute atomic E-state index is 0.364. The third kappa shape index (κ3) is 6.21. The molecule has 0 aliphatic carbocycles. The molecule has 0 N–H and O–H groups in total. The van der Waals surface area contributed by atoms with E-state index in [2.05, 4.69) is 27.4 Å². The number of hydrogen-bond acceptors (Lipinski definition) is 4. The van der Waals surface area contributed by atoms with Crippen LogP contribution in [0.1, 0.15) is 35.2 Å². The van der Waals surface area contributed by atoms with Gasteiger partial charge in [-0.2, -0.15) is 13.2 Å². The van der Waals surface area contributed by atoms with Crippen molar-refractivity contribution in [3.8, 4) is 17.0 Å². The quantitative estimate of drug-likeness (QED) is 0.273. The van der Waals surface area contributed by atoms with Crippen LogP contribution >= 0.6 is 0 Å². The van der Waals surface area contributed by atoms with Crippen LogP contribution in [0.3, 0.4) is 0 Å². The molecule has 0 saturated carbocycles. The minimum atomic E-state index is -4.35. The molecule has 0 saturated heterocycles. The van der Waals surface area contributed by atoms with Crippen LogP contribution in [0.4, 0.5) is 13.2 Å². The summed E-state index contributed by atoms with van der Waals surface area (Å²) in [6.45, 7) is 3.10. The Labute approximate surface area is 196 Å². The molecule has 0 unspecified atom stereocenters. The van der Waals surface area contributed by atoms with Gasteiger partial charge in [-0.1, -0.05) is 35.5 Å². The third-order valence-electron chi connectivity index (χ3n) is 5.60. The van der Waals surface area contributed by atoms with Gasteiger partial charge >= 0.3 is 6.18 Å². The molecule has 176 valence electrons. The van der Waals surface area contributed by atoms with E-state index < -0.39 is 11.7 Å². The fourth-order valence-corrected chi connectivity index (χ4v) is 3.60. The summed E-state index contributed by atoms with van der Waals surface area (Å²) >= 11 is 0. The van der Waals surface area contributed by atoms with Gasteiger partial charge in [0.15, 0.2) is 0 Å². The van der Waals surface area contributed by atoms with Crippen LogP contribution in [0.15, 0.2) is 73.1 Å². The first-order chi connectivity index (χ1) is 16.4. The Balaban J connectivity index is 1.28. The maximum Gasteiger partial charge on any atom is 0.416 e. The molecule has 0 bridgehead atoms. The van der Waals surface area contributed by atoms with Gasteiger partial charge in [-0.15, -0.1) is 5.10 Å². The van der Waals surface area contributed by atoms with E-state index in [1.165, 1.54) is 17.7 Å². The van der Waals surface area contributed by atoms with Crippen LogP contribution in [0.5, 0.6) is 5.75 Å². The van der Waals surface area contributed by atoms with Gasteiger partial charge in [0, 0.05) is 29.6 Å². The standard InChI is InChI=1S/C26H25F3N4O/c1-19-22(9-14-25(31-19)21-7-10-23(11-8-21)26(27,28)29)18-34-24-12-5-20(6-13-24)4-2-3-16-33-17-15-30-32-33/h5-15,17H,2-4,16,18H2,1H3. The molecule has 0 aliphatic rings. The molecule has 0 radical (unpaired) electrons. The first-order valence-electron chi connectivity index (χ1n) is 11.1. The summed E-state index contributed by atoms with van der Waals surface area (Å²) in [5.74, 6) is 0.776. The van der Waals surface area contributed by atoms with E-state index in [1.54, 1.807) is 12.3 Å². The van der Waals surface area contributed by atoms with Gasteiger partial charge < -0.3 is 4.74 Å². The average molecular weight is 467 g/mol. The predicted octanol–water partition coefficient (Wildman–Crippen LogP) is 6.27. The molecule has 0 atom stereocenters. The highest BCUT2D eigenvalue weighted by molar-refractivity contribution is 5.60. The van der Waals surface area contributed by atoms with E-state index in [-0.39, 0.29) is 0 Å². The highest BCUT2D eigenvalue weighted by atomic mass is 19.4. The average Bonchev–Trinajstić information content (AvgIpc) is 3.35. The van der Waals surface area contributed by atoms with Crippen molar-refractivity contribution in [3.05, 3.63) is 95.4 Å². The molecule has 2 aromatic carbocycles. The van der Waals surface area contributed by atoms with Crippen LogP contribution in [0.2, 0.25) is 0 Å². The number of pyridine rings is 1. The van der Waals surface area contributed by atoms with Crippen molar-refractivity contribution in [2.75, 3.05) is 0 Å². The van der Waals surface area contributed by atoms with E-state index in [1.807, 2.05) is 36.0 Å². The highest BCUT2D eigenvalue weighted by Gasteiger charge is 2.30. The fraction of sp³-hybridized carbons (Fsp3) is 0.269. The van der Waals surface area contributed by atoms with Crippen molar-refractivity contribution >= 4 is 0 Å². The lowest BCUT2D eigenvalue weighted by Gasteiger charge is -2.11. The summed E-state index contributed by atoms with van der Waals surface area (Å²) < 4.78 is 46.1. The van der Waals surface area contributed by atoms with Gasteiger partial charge in [0.2, 0.25) is 0 Å². The number of rotatable bonds is 9. The molecule has 2 aromatic heterocycles. The van der Waals surface area contributed by atoms with E-state index in [0.29, 0.717) is 17.9 Å².